The standard InChI is InChI=1S/C15H30N2O2S/c1-5-15(4)11-17(14(9-16-15)12(2)3)10-13-7-6-8-20(13,18)19/h12-14,16H,5-11H2,1-4H3. The van der Waals surface area contributed by atoms with Gasteiger partial charge in [0.25, 0.3) is 0 Å². The third kappa shape index (κ3) is 3.37. The summed E-state index contributed by atoms with van der Waals surface area (Å²) in [7, 11) is -2.84. The van der Waals surface area contributed by atoms with Crippen LogP contribution in [0, 0.1) is 5.92 Å². The van der Waals surface area contributed by atoms with E-state index < -0.39 is 9.84 Å². The van der Waals surface area contributed by atoms with Crippen molar-refractivity contribution in [3.05, 3.63) is 0 Å². The molecule has 0 bridgehead atoms. The Morgan fingerprint density at radius 1 is 1.40 bits per heavy atom. The van der Waals surface area contributed by atoms with E-state index in [1.807, 2.05) is 0 Å². The summed E-state index contributed by atoms with van der Waals surface area (Å²) in [4.78, 5) is 2.44. The molecule has 3 atom stereocenters. The lowest BCUT2D eigenvalue weighted by atomic mass is 9.89. The summed E-state index contributed by atoms with van der Waals surface area (Å²) in [5.41, 5.74) is 0.119. The average Bonchev–Trinajstić information content (AvgIpc) is 2.68. The van der Waals surface area contributed by atoms with Crippen LogP contribution in [0.1, 0.15) is 47.0 Å². The Labute approximate surface area is 124 Å². The second kappa shape index (κ2) is 5.93. The number of nitrogens with zero attached hydrogens (tertiary/aromatic N) is 1. The maximum Gasteiger partial charge on any atom is 0.154 e. The highest BCUT2D eigenvalue weighted by atomic mass is 32.2. The fourth-order valence-electron chi connectivity index (χ4n) is 3.52. The molecule has 0 spiro atoms. The maximum atomic E-state index is 12.1. The van der Waals surface area contributed by atoms with Crippen molar-refractivity contribution in [2.24, 2.45) is 5.92 Å². The Kier molecular flexibility index (Phi) is 4.82. The molecule has 2 heterocycles. The van der Waals surface area contributed by atoms with E-state index >= 15 is 0 Å². The van der Waals surface area contributed by atoms with Gasteiger partial charge >= 0.3 is 0 Å². The van der Waals surface area contributed by atoms with Crippen molar-refractivity contribution in [1.82, 2.24) is 10.2 Å². The van der Waals surface area contributed by atoms with Gasteiger partial charge < -0.3 is 5.32 Å². The number of piperazine rings is 1. The lowest BCUT2D eigenvalue weighted by Crippen LogP contribution is -2.65. The highest BCUT2D eigenvalue weighted by Crippen LogP contribution is 2.27. The van der Waals surface area contributed by atoms with Crippen LogP contribution in [-0.2, 0) is 9.84 Å². The van der Waals surface area contributed by atoms with Crippen LogP contribution in [0.3, 0.4) is 0 Å². The molecule has 2 aliphatic rings. The van der Waals surface area contributed by atoms with Gasteiger partial charge in [0, 0.05) is 31.2 Å². The number of hydrogen-bond acceptors (Lipinski definition) is 4. The zero-order valence-corrected chi connectivity index (χ0v) is 14.2. The van der Waals surface area contributed by atoms with E-state index in [0.29, 0.717) is 17.7 Å². The molecule has 2 fully saturated rings. The topological polar surface area (TPSA) is 49.4 Å². The highest BCUT2D eigenvalue weighted by molar-refractivity contribution is 7.92. The van der Waals surface area contributed by atoms with Gasteiger partial charge in [0.2, 0.25) is 0 Å². The van der Waals surface area contributed by atoms with Gasteiger partial charge in [0.1, 0.15) is 0 Å². The molecule has 3 unspecified atom stereocenters. The summed E-state index contributed by atoms with van der Waals surface area (Å²) in [6.45, 7) is 11.6. The van der Waals surface area contributed by atoms with Gasteiger partial charge in [-0.05, 0) is 32.1 Å². The van der Waals surface area contributed by atoms with Gasteiger partial charge in [-0.1, -0.05) is 20.8 Å². The zero-order chi connectivity index (χ0) is 15.0. The predicted octanol–water partition coefficient (Wildman–Crippen LogP) is 1.66. The normalized spacial score (nSPS) is 38.5. The molecular formula is C15H30N2O2S. The molecule has 20 heavy (non-hydrogen) atoms. The quantitative estimate of drug-likeness (QED) is 0.858. The first-order valence-electron chi connectivity index (χ1n) is 7.98. The molecule has 0 aliphatic carbocycles. The first-order chi connectivity index (χ1) is 9.27. The molecule has 0 aromatic carbocycles. The fraction of sp³-hybridized carbons (Fsp3) is 1.00. The SMILES string of the molecule is CCC1(C)CN(CC2CCCS2(=O)=O)C(C(C)C)CN1. The third-order valence-electron chi connectivity index (χ3n) is 5.21. The molecule has 1 N–H and O–H groups in total. The number of hydrogen-bond donors (Lipinski definition) is 1. The Bertz CT molecular complexity index is 435. The van der Waals surface area contributed by atoms with E-state index in [9.17, 15) is 8.42 Å². The van der Waals surface area contributed by atoms with Crippen molar-refractivity contribution in [3.8, 4) is 0 Å². The molecule has 0 radical (unpaired) electrons. The molecule has 0 amide bonds. The lowest BCUT2D eigenvalue weighted by Gasteiger charge is -2.48. The van der Waals surface area contributed by atoms with E-state index in [-0.39, 0.29) is 10.8 Å². The number of nitrogens with one attached hydrogen (secondary N) is 1. The van der Waals surface area contributed by atoms with Crippen LogP contribution in [0.15, 0.2) is 0 Å². The van der Waals surface area contributed by atoms with Crippen LogP contribution >= 0.6 is 0 Å². The second-order valence-corrected chi connectivity index (χ2v) is 9.57. The fourth-order valence-corrected chi connectivity index (χ4v) is 5.37. The van der Waals surface area contributed by atoms with Crippen LogP contribution in [0.5, 0.6) is 0 Å². The van der Waals surface area contributed by atoms with Crippen molar-refractivity contribution < 1.29 is 8.42 Å². The van der Waals surface area contributed by atoms with E-state index in [4.69, 9.17) is 0 Å². The minimum absolute atomic E-state index is 0.119. The average molecular weight is 302 g/mol. The smallest absolute Gasteiger partial charge is 0.154 e. The Balaban J connectivity index is 2.11. The van der Waals surface area contributed by atoms with Gasteiger partial charge in [0.15, 0.2) is 9.84 Å². The molecule has 2 aliphatic heterocycles. The summed E-state index contributed by atoms with van der Waals surface area (Å²) in [5.74, 6) is 0.939. The van der Waals surface area contributed by atoms with Crippen molar-refractivity contribution in [3.63, 3.8) is 0 Å². The monoisotopic (exact) mass is 302 g/mol. The molecule has 0 aromatic rings. The molecule has 0 aromatic heterocycles. The largest absolute Gasteiger partial charge is 0.309 e. The Morgan fingerprint density at radius 3 is 2.60 bits per heavy atom. The van der Waals surface area contributed by atoms with Crippen molar-refractivity contribution in [2.45, 2.75) is 63.8 Å². The summed E-state index contributed by atoms with van der Waals surface area (Å²) in [6.07, 6.45) is 2.77. The maximum absolute atomic E-state index is 12.1. The summed E-state index contributed by atoms with van der Waals surface area (Å²) >= 11 is 0. The number of rotatable bonds is 4. The molecule has 0 saturated carbocycles. The van der Waals surface area contributed by atoms with Gasteiger partial charge in [-0.15, -0.1) is 0 Å². The first kappa shape index (κ1) is 16.2. The molecule has 2 rings (SSSR count). The van der Waals surface area contributed by atoms with Gasteiger partial charge in [0.05, 0.1) is 11.0 Å². The third-order valence-corrected chi connectivity index (χ3v) is 7.47. The first-order valence-corrected chi connectivity index (χ1v) is 9.69. The van der Waals surface area contributed by atoms with Crippen LogP contribution in [0.4, 0.5) is 0 Å². The lowest BCUT2D eigenvalue weighted by molar-refractivity contribution is 0.0601. The van der Waals surface area contributed by atoms with Crippen molar-refractivity contribution >= 4 is 9.84 Å². The molecule has 5 heteroatoms. The minimum atomic E-state index is -2.84. The number of sulfone groups is 1. The van der Waals surface area contributed by atoms with Crippen LogP contribution < -0.4 is 5.32 Å². The molecule has 2 saturated heterocycles. The van der Waals surface area contributed by atoms with E-state index in [2.05, 4.69) is 37.9 Å². The summed E-state index contributed by atoms with van der Waals surface area (Å²) in [5, 5.41) is 3.52. The highest BCUT2D eigenvalue weighted by Gasteiger charge is 2.40. The predicted molar refractivity (Wildman–Crippen MR) is 83.7 cm³/mol. The van der Waals surface area contributed by atoms with Crippen molar-refractivity contribution in [2.75, 3.05) is 25.4 Å². The summed E-state index contributed by atoms with van der Waals surface area (Å²) in [6, 6.07) is 0.449. The Morgan fingerprint density at radius 2 is 2.10 bits per heavy atom. The second-order valence-electron chi connectivity index (χ2n) is 7.17. The molecular weight excluding hydrogens is 272 g/mol. The van der Waals surface area contributed by atoms with E-state index in [1.54, 1.807) is 0 Å². The van der Waals surface area contributed by atoms with Crippen LogP contribution in [0.25, 0.3) is 0 Å². The van der Waals surface area contributed by atoms with Gasteiger partial charge in [-0.2, -0.15) is 0 Å². The minimum Gasteiger partial charge on any atom is -0.309 e. The van der Waals surface area contributed by atoms with Gasteiger partial charge in [-0.3, -0.25) is 4.90 Å². The van der Waals surface area contributed by atoms with E-state index in [1.165, 1.54) is 0 Å². The van der Waals surface area contributed by atoms with Crippen LogP contribution in [-0.4, -0.2) is 55.5 Å². The van der Waals surface area contributed by atoms with Crippen molar-refractivity contribution in [1.29, 1.82) is 0 Å². The molecule has 118 valence electrons. The molecule has 4 nitrogen and oxygen atoms in total. The van der Waals surface area contributed by atoms with Crippen LogP contribution in [0.2, 0.25) is 0 Å². The van der Waals surface area contributed by atoms with E-state index in [0.717, 1.165) is 38.9 Å². The van der Waals surface area contributed by atoms with Gasteiger partial charge in [-0.25, -0.2) is 8.42 Å². The Hall–Kier alpha value is -0.130. The zero-order valence-electron chi connectivity index (χ0n) is 13.4. The summed E-state index contributed by atoms with van der Waals surface area (Å²) < 4.78 is 24.2.